The predicted octanol–water partition coefficient (Wildman–Crippen LogP) is 4.51. The Morgan fingerprint density at radius 1 is 1.10 bits per heavy atom. The zero-order chi connectivity index (χ0) is 29.1. The third kappa shape index (κ3) is 10.5. The molecule has 0 fully saturated rings. The van der Waals surface area contributed by atoms with Crippen LogP contribution in [0.5, 0.6) is 5.75 Å². The van der Waals surface area contributed by atoms with Crippen LogP contribution < -0.4 is 10.1 Å². The molecule has 0 aliphatic rings. The lowest BCUT2D eigenvalue weighted by atomic mass is 9.99. The number of nitrogens with one attached hydrogen (secondary N) is 1. The summed E-state index contributed by atoms with van der Waals surface area (Å²) >= 11 is 0. The molecule has 1 amide bonds. The molecule has 2 aromatic rings. The number of aliphatic hydroxyl groups is 1. The maximum Gasteiger partial charge on any atom is 0.407 e. The van der Waals surface area contributed by atoms with Crippen molar-refractivity contribution in [2.75, 3.05) is 20.2 Å². The average Bonchev–Trinajstić information content (AvgIpc) is 2.89. The topological polar surface area (TPSA) is 129 Å². The number of benzene rings is 2. The molecule has 2 aromatic carbocycles. The Kier molecular flexibility index (Phi) is 12.2. The van der Waals surface area contributed by atoms with Gasteiger partial charge in [-0.1, -0.05) is 43.7 Å². The summed E-state index contributed by atoms with van der Waals surface area (Å²) in [5, 5.41) is 23.2. The maximum atomic E-state index is 13.8. The Balaban J connectivity index is 2.39. The molecule has 9 nitrogen and oxygen atoms in total. The van der Waals surface area contributed by atoms with Crippen LogP contribution in [-0.2, 0) is 21.2 Å². The van der Waals surface area contributed by atoms with Crippen molar-refractivity contribution in [3.8, 4) is 11.8 Å². The molecule has 39 heavy (non-hydrogen) atoms. The molecule has 0 aliphatic heterocycles. The van der Waals surface area contributed by atoms with Crippen molar-refractivity contribution in [2.45, 2.75) is 76.0 Å². The second-order valence-electron chi connectivity index (χ2n) is 10.5. The lowest BCUT2D eigenvalue weighted by molar-refractivity contribution is 0.0398. The normalized spacial score (nSPS) is 14.2. The summed E-state index contributed by atoms with van der Waals surface area (Å²) < 4.78 is 39.4. The zero-order valence-electron chi connectivity index (χ0n) is 23.5. The van der Waals surface area contributed by atoms with E-state index in [0.29, 0.717) is 25.0 Å². The average molecular weight is 560 g/mol. The van der Waals surface area contributed by atoms with Crippen LogP contribution in [0.1, 0.15) is 52.5 Å². The van der Waals surface area contributed by atoms with E-state index >= 15 is 0 Å². The second kappa shape index (κ2) is 14.9. The van der Waals surface area contributed by atoms with Crippen molar-refractivity contribution in [1.82, 2.24) is 9.62 Å². The van der Waals surface area contributed by atoms with Gasteiger partial charge in [0.2, 0.25) is 10.0 Å². The number of alkyl carbamates (subject to hydrolysis) is 1. The molecule has 0 bridgehead atoms. The van der Waals surface area contributed by atoms with Crippen LogP contribution in [0.15, 0.2) is 59.5 Å². The number of aliphatic hydroxyl groups excluding tert-OH is 1. The highest BCUT2D eigenvalue weighted by Crippen LogP contribution is 2.24. The van der Waals surface area contributed by atoms with E-state index in [-0.39, 0.29) is 30.3 Å². The standard InChI is InChI=1S/C29H41N3O6S/c1-6-22(13-10-18-30)20-32(39(35,36)25-16-14-24(37-5)15-17-25)21-27(33)26(19-23-11-8-7-9-12-23)31-28(34)38-29(2,3)4/h7-9,11-12,14-17,22,26-27,33H,6,10,13,19-21H2,1-5H3,(H,31,34)/t22?,26-,27+/m0/s1. The van der Waals surface area contributed by atoms with E-state index in [1.54, 1.807) is 32.9 Å². The fourth-order valence-electron chi connectivity index (χ4n) is 4.09. The molecule has 0 saturated heterocycles. The Hall–Kier alpha value is -3.13. The minimum absolute atomic E-state index is 0.0605. The molecular formula is C29H41N3O6S. The number of nitriles is 1. The quantitative estimate of drug-likeness (QED) is 0.348. The molecule has 0 spiro atoms. The van der Waals surface area contributed by atoms with Crippen LogP contribution in [-0.4, -0.2) is 61.9 Å². The third-order valence-corrected chi connectivity index (χ3v) is 8.10. The molecule has 2 rings (SSSR count). The van der Waals surface area contributed by atoms with E-state index in [9.17, 15) is 18.3 Å². The minimum Gasteiger partial charge on any atom is -0.497 e. The highest BCUT2D eigenvalue weighted by molar-refractivity contribution is 7.89. The first-order chi connectivity index (χ1) is 18.4. The summed E-state index contributed by atoms with van der Waals surface area (Å²) in [5.41, 5.74) is 0.119. The predicted molar refractivity (Wildman–Crippen MR) is 150 cm³/mol. The smallest absolute Gasteiger partial charge is 0.407 e. The highest BCUT2D eigenvalue weighted by atomic mass is 32.2. The maximum absolute atomic E-state index is 13.8. The highest BCUT2D eigenvalue weighted by Gasteiger charge is 2.33. The number of carbonyl (C=O) groups is 1. The van der Waals surface area contributed by atoms with Gasteiger partial charge in [-0.25, -0.2) is 13.2 Å². The summed E-state index contributed by atoms with van der Waals surface area (Å²) in [6.45, 7) is 7.03. The molecule has 1 unspecified atom stereocenters. The van der Waals surface area contributed by atoms with Crippen LogP contribution in [0.4, 0.5) is 4.79 Å². The molecule has 0 radical (unpaired) electrons. The van der Waals surface area contributed by atoms with E-state index < -0.39 is 33.9 Å². The summed E-state index contributed by atoms with van der Waals surface area (Å²) in [4.78, 5) is 12.7. The molecule has 0 saturated carbocycles. The number of rotatable bonds is 14. The Morgan fingerprint density at radius 2 is 1.74 bits per heavy atom. The molecule has 214 valence electrons. The van der Waals surface area contributed by atoms with Gasteiger partial charge in [0.15, 0.2) is 0 Å². The summed E-state index contributed by atoms with van der Waals surface area (Å²) in [5.74, 6) is 0.432. The zero-order valence-corrected chi connectivity index (χ0v) is 24.3. The molecule has 0 aromatic heterocycles. The van der Waals surface area contributed by atoms with Crippen LogP contribution in [0, 0.1) is 17.2 Å². The van der Waals surface area contributed by atoms with Gasteiger partial charge in [0.1, 0.15) is 11.4 Å². The first kappa shape index (κ1) is 32.1. The molecular weight excluding hydrogens is 518 g/mol. The van der Waals surface area contributed by atoms with Crippen LogP contribution in [0.3, 0.4) is 0 Å². The monoisotopic (exact) mass is 559 g/mol. The van der Waals surface area contributed by atoms with E-state index in [1.165, 1.54) is 23.5 Å². The van der Waals surface area contributed by atoms with Gasteiger partial charge in [0.05, 0.1) is 30.2 Å². The first-order valence-corrected chi connectivity index (χ1v) is 14.6. The number of hydrogen-bond acceptors (Lipinski definition) is 7. The van der Waals surface area contributed by atoms with Crippen LogP contribution >= 0.6 is 0 Å². The summed E-state index contributed by atoms with van der Waals surface area (Å²) in [6.07, 6.45) is -0.193. The van der Waals surface area contributed by atoms with Crippen molar-refractivity contribution in [3.05, 3.63) is 60.2 Å². The summed E-state index contributed by atoms with van der Waals surface area (Å²) in [7, 11) is -2.53. The van der Waals surface area contributed by atoms with Gasteiger partial charge < -0.3 is 19.9 Å². The fraction of sp³-hybridized carbons (Fsp3) is 0.517. The Labute approximate surface area is 232 Å². The van der Waals surface area contributed by atoms with Crippen LogP contribution in [0.2, 0.25) is 0 Å². The molecule has 0 aliphatic carbocycles. The van der Waals surface area contributed by atoms with Gasteiger partial charge in [0, 0.05) is 19.5 Å². The van der Waals surface area contributed by atoms with Crippen LogP contribution in [0.25, 0.3) is 0 Å². The summed E-state index contributed by atoms with van der Waals surface area (Å²) in [6, 6.07) is 16.7. The van der Waals surface area contributed by atoms with Gasteiger partial charge in [0.25, 0.3) is 0 Å². The number of nitrogens with zero attached hydrogens (tertiary/aromatic N) is 2. The molecule has 3 atom stereocenters. The SMILES string of the molecule is CCC(CCC#N)CN(C[C@@H](O)[C@H](Cc1ccccc1)NC(=O)OC(C)(C)C)S(=O)(=O)c1ccc(OC)cc1. The van der Waals surface area contributed by atoms with Crippen molar-refractivity contribution in [3.63, 3.8) is 0 Å². The second-order valence-corrected chi connectivity index (χ2v) is 12.4. The molecule has 10 heteroatoms. The number of hydrogen-bond donors (Lipinski definition) is 2. The number of sulfonamides is 1. The van der Waals surface area contributed by atoms with Gasteiger partial charge in [-0.15, -0.1) is 0 Å². The van der Waals surface area contributed by atoms with E-state index in [0.717, 1.165) is 5.56 Å². The van der Waals surface area contributed by atoms with Crippen molar-refractivity contribution >= 4 is 16.1 Å². The Bertz CT molecular complexity index is 1170. The van der Waals surface area contributed by atoms with Gasteiger partial charge >= 0.3 is 6.09 Å². The number of carbonyl (C=O) groups excluding carboxylic acids is 1. The van der Waals surface area contributed by atoms with E-state index in [1.807, 2.05) is 37.3 Å². The van der Waals surface area contributed by atoms with Gasteiger partial charge in [-0.2, -0.15) is 9.57 Å². The third-order valence-electron chi connectivity index (χ3n) is 6.26. The van der Waals surface area contributed by atoms with E-state index in [4.69, 9.17) is 14.7 Å². The van der Waals surface area contributed by atoms with Crippen molar-refractivity contribution in [2.24, 2.45) is 5.92 Å². The Morgan fingerprint density at radius 3 is 2.28 bits per heavy atom. The van der Waals surface area contributed by atoms with E-state index in [2.05, 4.69) is 11.4 Å². The van der Waals surface area contributed by atoms with Crippen molar-refractivity contribution < 1.29 is 27.8 Å². The van der Waals surface area contributed by atoms with Gasteiger partial charge in [-0.3, -0.25) is 0 Å². The number of ether oxygens (including phenoxy) is 2. The van der Waals surface area contributed by atoms with Gasteiger partial charge in [-0.05, 0) is 69.4 Å². The largest absolute Gasteiger partial charge is 0.497 e. The number of methoxy groups -OCH3 is 1. The lowest BCUT2D eigenvalue weighted by Crippen LogP contribution is -2.52. The lowest BCUT2D eigenvalue weighted by Gasteiger charge is -2.32. The molecule has 2 N–H and O–H groups in total. The fourth-order valence-corrected chi connectivity index (χ4v) is 5.63. The number of amides is 1. The minimum atomic E-state index is -4.02. The molecule has 0 heterocycles. The first-order valence-electron chi connectivity index (χ1n) is 13.1. The van der Waals surface area contributed by atoms with Crippen molar-refractivity contribution in [1.29, 1.82) is 5.26 Å².